The van der Waals surface area contributed by atoms with Crippen LogP contribution in [-0.2, 0) is 24.3 Å². The molecular formula is C26H32ClFN4O7S. The summed E-state index contributed by atoms with van der Waals surface area (Å²) in [6.45, 7) is 3.69. The summed E-state index contributed by atoms with van der Waals surface area (Å²) >= 11 is 5.70. The number of nitrogens with one attached hydrogen (secondary N) is 2. The van der Waals surface area contributed by atoms with E-state index in [9.17, 15) is 32.5 Å². The van der Waals surface area contributed by atoms with Gasteiger partial charge in [-0.3, -0.25) is 14.9 Å². The largest absolute Gasteiger partial charge is 0.454 e. The SMILES string of the molecule is CC(C)C[C@H](Nc1ccc(S(=O)(=O)N2CCCCCC2)cc1[N+](=O)[O-])C(=O)OCC(=O)Nc1ccc(F)c(Cl)c1. The molecule has 0 spiro atoms. The number of ether oxygens (including phenoxy) is 1. The smallest absolute Gasteiger partial charge is 0.329 e. The standard InChI is InChI=1S/C26H32ClFN4O7S/c1-17(2)13-23(26(34)39-16-25(33)29-18-7-9-21(28)20(27)14-18)30-22-10-8-19(15-24(22)32(35)36)40(37,38)31-11-5-3-4-6-12-31/h7-10,14-15,17,23,30H,3-6,11-13,16H2,1-2H3,(H,29,33)/t23-/m0/s1. The summed E-state index contributed by atoms with van der Waals surface area (Å²) in [6.07, 6.45) is 3.49. The van der Waals surface area contributed by atoms with Crippen LogP contribution in [0.1, 0.15) is 46.0 Å². The maximum Gasteiger partial charge on any atom is 0.329 e. The van der Waals surface area contributed by atoms with Crippen LogP contribution in [0.4, 0.5) is 21.5 Å². The number of halogens is 2. The molecular weight excluding hydrogens is 567 g/mol. The molecule has 0 saturated carbocycles. The molecule has 1 aliphatic heterocycles. The molecule has 1 saturated heterocycles. The molecule has 1 aliphatic rings. The van der Waals surface area contributed by atoms with Crippen LogP contribution in [0.2, 0.25) is 5.02 Å². The van der Waals surface area contributed by atoms with Crippen LogP contribution in [0.5, 0.6) is 0 Å². The molecule has 1 fully saturated rings. The molecule has 1 heterocycles. The lowest BCUT2D eigenvalue weighted by molar-refractivity contribution is -0.384. The average Bonchev–Trinajstić information content (AvgIpc) is 3.19. The predicted molar refractivity (Wildman–Crippen MR) is 148 cm³/mol. The molecule has 0 aromatic heterocycles. The third-order valence-electron chi connectivity index (χ3n) is 6.24. The number of hydrogen-bond donors (Lipinski definition) is 2. The van der Waals surface area contributed by atoms with Crippen molar-refractivity contribution in [3.63, 3.8) is 0 Å². The molecule has 1 amide bonds. The number of sulfonamides is 1. The molecule has 0 unspecified atom stereocenters. The first-order valence-corrected chi connectivity index (χ1v) is 14.7. The van der Waals surface area contributed by atoms with Gasteiger partial charge in [0.1, 0.15) is 17.5 Å². The number of benzene rings is 2. The van der Waals surface area contributed by atoms with E-state index in [-0.39, 0.29) is 33.6 Å². The normalized spacial score (nSPS) is 15.2. The zero-order chi connectivity index (χ0) is 29.4. The summed E-state index contributed by atoms with van der Waals surface area (Å²) in [7, 11) is -3.94. The highest BCUT2D eigenvalue weighted by molar-refractivity contribution is 7.89. The van der Waals surface area contributed by atoms with Crippen LogP contribution in [-0.4, -0.2) is 55.3 Å². The Morgan fingerprint density at radius 2 is 1.80 bits per heavy atom. The Labute approximate surface area is 237 Å². The molecule has 40 heavy (non-hydrogen) atoms. The molecule has 11 nitrogen and oxygen atoms in total. The highest BCUT2D eigenvalue weighted by Crippen LogP contribution is 2.31. The molecule has 0 aliphatic carbocycles. The molecule has 218 valence electrons. The molecule has 2 aromatic carbocycles. The van der Waals surface area contributed by atoms with Crippen molar-refractivity contribution in [2.24, 2.45) is 5.92 Å². The lowest BCUT2D eigenvalue weighted by Gasteiger charge is -2.22. The number of rotatable bonds is 11. The van der Waals surface area contributed by atoms with Crippen LogP contribution in [0, 0.1) is 21.8 Å². The van der Waals surface area contributed by atoms with Gasteiger partial charge >= 0.3 is 5.97 Å². The first-order chi connectivity index (χ1) is 18.9. The van der Waals surface area contributed by atoms with Crippen LogP contribution in [0.15, 0.2) is 41.3 Å². The van der Waals surface area contributed by atoms with Crippen LogP contribution in [0.25, 0.3) is 0 Å². The van der Waals surface area contributed by atoms with E-state index in [2.05, 4.69) is 10.6 Å². The van der Waals surface area contributed by atoms with E-state index in [1.54, 1.807) is 0 Å². The van der Waals surface area contributed by atoms with E-state index in [4.69, 9.17) is 16.3 Å². The number of nitrogens with zero attached hydrogens (tertiary/aromatic N) is 2. The van der Waals surface area contributed by atoms with Gasteiger partial charge in [-0.2, -0.15) is 4.31 Å². The quantitative estimate of drug-likeness (QED) is 0.209. The van der Waals surface area contributed by atoms with Gasteiger partial charge in [0.15, 0.2) is 6.61 Å². The molecule has 3 rings (SSSR count). The van der Waals surface area contributed by atoms with Crippen LogP contribution < -0.4 is 10.6 Å². The fourth-order valence-electron chi connectivity index (χ4n) is 4.26. The number of nitro benzene ring substituents is 1. The monoisotopic (exact) mass is 598 g/mol. The average molecular weight is 599 g/mol. The second-order valence-electron chi connectivity index (χ2n) is 9.87. The molecule has 2 aromatic rings. The second kappa shape index (κ2) is 13.9. The minimum absolute atomic E-state index is 0.0398. The lowest BCUT2D eigenvalue weighted by Crippen LogP contribution is -2.35. The van der Waals surface area contributed by atoms with Gasteiger partial charge in [0, 0.05) is 24.8 Å². The lowest BCUT2D eigenvalue weighted by atomic mass is 10.0. The maximum atomic E-state index is 13.3. The first kappa shape index (κ1) is 31.2. The van der Waals surface area contributed by atoms with Gasteiger partial charge in [-0.25, -0.2) is 17.6 Å². The topological polar surface area (TPSA) is 148 Å². The van der Waals surface area contributed by atoms with E-state index >= 15 is 0 Å². The van der Waals surface area contributed by atoms with Crippen LogP contribution >= 0.6 is 11.6 Å². The van der Waals surface area contributed by atoms with E-state index in [0.717, 1.165) is 37.8 Å². The third kappa shape index (κ3) is 8.35. The van der Waals surface area contributed by atoms with Crippen molar-refractivity contribution in [2.45, 2.75) is 56.9 Å². The number of hydrogen-bond acceptors (Lipinski definition) is 8. The first-order valence-electron chi connectivity index (χ1n) is 12.8. The molecule has 0 bridgehead atoms. The van der Waals surface area contributed by atoms with Crippen LogP contribution in [0.3, 0.4) is 0 Å². The fraction of sp³-hybridized carbons (Fsp3) is 0.462. The Bertz CT molecular complexity index is 1350. The Morgan fingerprint density at radius 3 is 2.40 bits per heavy atom. The third-order valence-corrected chi connectivity index (χ3v) is 8.42. The number of anilines is 2. The number of nitro groups is 1. The van der Waals surface area contributed by atoms with Gasteiger partial charge in [0.05, 0.1) is 14.8 Å². The minimum atomic E-state index is -3.94. The summed E-state index contributed by atoms with van der Waals surface area (Å²) < 4.78 is 46.1. The van der Waals surface area contributed by atoms with Crippen molar-refractivity contribution < 1.29 is 32.1 Å². The Balaban J connectivity index is 1.74. The highest BCUT2D eigenvalue weighted by Gasteiger charge is 2.30. The van der Waals surface area contributed by atoms with Crippen molar-refractivity contribution in [3.05, 3.63) is 57.4 Å². The number of carbonyl (C=O) groups is 2. The predicted octanol–water partition coefficient (Wildman–Crippen LogP) is 4.96. The van der Waals surface area contributed by atoms with Gasteiger partial charge in [0.2, 0.25) is 10.0 Å². The van der Waals surface area contributed by atoms with Gasteiger partial charge in [-0.15, -0.1) is 0 Å². The summed E-state index contributed by atoms with van der Waals surface area (Å²) in [5, 5.41) is 16.9. The van der Waals surface area contributed by atoms with E-state index < -0.39 is 51.0 Å². The van der Waals surface area contributed by atoms with Crippen molar-refractivity contribution in [3.8, 4) is 0 Å². The minimum Gasteiger partial charge on any atom is -0.454 e. The molecule has 0 radical (unpaired) electrons. The zero-order valence-corrected chi connectivity index (χ0v) is 23.8. The highest BCUT2D eigenvalue weighted by atomic mass is 35.5. The van der Waals surface area contributed by atoms with Gasteiger partial charge in [-0.05, 0) is 55.5 Å². The Hall–Kier alpha value is -3.29. The zero-order valence-electron chi connectivity index (χ0n) is 22.2. The Kier molecular flexibility index (Phi) is 10.8. The van der Waals surface area contributed by atoms with Crippen molar-refractivity contribution in [1.29, 1.82) is 0 Å². The van der Waals surface area contributed by atoms with Crippen molar-refractivity contribution in [1.82, 2.24) is 4.31 Å². The maximum absolute atomic E-state index is 13.3. The number of amides is 1. The number of esters is 1. The van der Waals surface area contributed by atoms with Gasteiger partial charge in [0.25, 0.3) is 11.6 Å². The van der Waals surface area contributed by atoms with E-state index in [0.29, 0.717) is 13.1 Å². The summed E-state index contributed by atoms with van der Waals surface area (Å²) in [4.78, 5) is 36.1. The number of carbonyl (C=O) groups excluding carboxylic acids is 2. The fourth-order valence-corrected chi connectivity index (χ4v) is 5.98. The van der Waals surface area contributed by atoms with Gasteiger partial charge < -0.3 is 15.4 Å². The summed E-state index contributed by atoms with van der Waals surface area (Å²) in [6, 6.07) is 6.02. The van der Waals surface area contributed by atoms with Crippen molar-refractivity contribution >= 4 is 50.6 Å². The summed E-state index contributed by atoms with van der Waals surface area (Å²) in [5.41, 5.74) is -0.369. The van der Waals surface area contributed by atoms with E-state index in [1.165, 1.54) is 28.6 Å². The van der Waals surface area contributed by atoms with Crippen molar-refractivity contribution in [2.75, 3.05) is 30.3 Å². The second-order valence-corrected chi connectivity index (χ2v) is 12.2. The molecule has 2 N–H and O–H groups in total. The van der Waals surface area contributed by atoms with Gasteiger partial charge in [-0.1, -0.05) is 38.3 Å². The molecule has 1 atom stereocenters. The summed E-state index contributed by atoms with van der Waals surface area (Å²) in [5.74, 6) is -2.23. The molecule has 14 heteroatoms. The van der Waals surface area contributed by atoms with E-state index in [1.807, 2.05) is 13.8 Å². The Morgan fingerprint density at radius 1 is 1.12 bits per heavy atom.